The van der Waals surface area contributed by atoms with Gasteiger partial charge in [-0.25, -0.2) is 4.79 Å². The number of rotatable bonds is 5. The molecule has 0 N–H and O–H groups in total. The first kappa shape index (κ1) is 13.9. The highest BCUT2D eigenvalue weighted by Gasteiger charge is 2.34. The number of ether oxygens (including phenoxy) is 3. The summed E-state index contributed by atoms with van der Waals surface area (Å²) in [6, 6.07) is -0.297. The fourth-order valence-corrected chi connectivity index (χ4v) is 2.13. The van der Waals surface area contributed by atoms with E-state index in [9.17, 15) is 4.79 Å². The van der Waals surface area contributed by atoms with Gasteiger partial charge in [0.2, 0.25) is 0 Å². The van der Waals surface area contributed by atoms with Crippen LogP contribution in [-0.2, 0) is 19.0 Å². The Morgan fingerprint density at radius 3 is 3.00 bits per heavy atom. The largest absolute Gasteiger partial charge is 0.466 e. The van der Waals surface area contributed by atoms with Crippen LogP contribution in [0.5, 0.6) is 0 Å². The Bertz CT molecular complexity index is 427. The summed E-state index contributed by atoms with van der Waals surface area (Å²) in [6.07, 6.45) is 2.05. The number of hydrogen-bond acceptors (Lipinski definition) is 5. The van der Waals surface area contributed by atoms with Gasteiger partial charge in [-0.2, -0.15) is 0 Å². The summed E-state index contributed by atoms with van der Waals surface area (Å²) in [5.74, 6) is -0.385. The van der Waals surface area contributed by atoms with E-state index < -0.39 is 5.97 Å². The van der Waals surface area contributed by atoms with Gasteiger partial charge >= 0.3 is 5.97 Å². The molecular weight excluding hydrogens is 250 g/mol. The number of esters is 1. The zero-order valence-electron chi connectivity index (χ0n) is 11.0. The number of hydrogen-bond donors (Lipinski definition) is 0. The number of methoxy groups -OCH3 is 1. The molecule has 7 nitrogen and oxygen atoms in total. The molecule has 0 saturated carbocycles. The van der Waals surface area contributed by atoms with E-state index in [2.05, 4.69) is 10.0 Å². The number of carbonyl (C=O) groups excluding carboxylic acids is 1. The van der Waals surface area contributed by atoms with Crippen LogP contribution in [0.15, 0.2) is 16.8 Å². The molecule has 0 aromatic carbocycles. The molecule has 104 valence electrons. The molecule has 0 amide bonds. The molecule has 1 heterocycles. The fraction of sp³-hybridized carbons (Fsp3) is 0.750. The van der Waals surface area contributed by atoms with E-state index in [4.69, 9.17) is 19.7 Å². The van der Waals surface area contributed by atoms with Crippen molar-refractivity contribution in [1.82, 2.24) is 0 Å². The van der Waals surface area contributed by atoms with E-state index in [0.717, 1.165) is 0 Å². The molecular formula is C12H17N3O4. The maximum absolute atomic E-state index is 11.6. The molecule has 0 radical (unpaired) electrons. The van der Waals surface area contributed by atoms with Crippen LogP contribution >= 0.6 is 0 Å². The van der Waals surface area contributed by atoms with Crippen LogP contribution < -0.4 is 0 Å². The topological polar surface area (TPSA) is 96.8 Å². The minimum Gasteiger partial charge on any atom is -0.466 e. The summed E-state index contributed by atoms with van der Waals surface area (Å²) in [6.45, 7) is 3.15. The molecule has 1 aliphatic carbocycles. The quantitative estimate of drug-likeness (QED) is 0.248. The smallest absolute Gasteiger partial charge is 0.333 e. The lowest BCUT2D eigenvalue weighted by Gasteiger charge is -2.31. The van der Waals surface area contributed by atoms with Crippen molar-refractivity contribution in [3.63, 3.8) is 0 Å². The minimum absolute atomic E-state index is 0.0167. The highest BCUT2D eigenvalue weighted by Crippen LogP contribution is 2.30. The minimum atomic E-state index is -0.402. The zero-order valence-corrected chi connectivity index (χ0v) is 11.0. The van der Waals surface area contributed by atoms with Gasteiger partial charge in [-0.15, -0.1) is 0 Å². The monoisotopic (exact) mass is 267 g/mol. The molecule has 4 atom stereocenters. The Morgan fingerprint density at radius 2 is 2.42 bits per heavy atom. The van der Waals surface area contributed by atoms with E-state index in [0.29, 0.717) is 25.2 Å². The second kappa shape index (κ2) is 6.06. The molecule has 1 fully saturated rings. The van der Waals surface area contributed by atoms with Gasteiger partial charge in [-0.3, -0.25) is 0 Å². The van der Waals surface area contributed by atoms with Crippen LogP contribution in [0.4, 0.5) is 0 Å². The molecule has 0 spiro atoms. The van der Waals surface area contributed by atoms with E-state index >= 15 is 0 Å². The van der Waals surface area contributed by atoms with Gasteiger partial charge in [0.15, 0.2) is 0 Å². The summed E-state index contributed by atoms with van der Waals surface area (Å²) in [4.78, 5) is 14.5. The van der Waals surface area contributed by atoms with Gasteiger partial charge in [0.05, 0.1) is 26.4 Å². The van der Waals surface area contributed by atoms with E-state index in [1.54, 1.807) is 6.08 Å². The first-order chi connectivity index (χ1) is 9.15. The van der Waals surface area contributed by atoms with Crippen LogP contribution in [0.2, 0.25) is 0 Å². The fourth-order valence-electron chi connectivity index (χ4n) is 2.13. The average Bonchev–Trinajstić information content (AvgIpc) is 3.23. The first-order valence-electron chi connectivity index (χ1n) is 6.22. The Morgan fingerprint density at radius 1 is 1.68 bits per heavy atom. The Balaban J connectivity index is 2.10. The Hall–Kier alpha value is -1.56. The van der Waals surface area contributed by atoms with Crippen molar-refractivity contribution in [3.8, 4) is 0 Å². The van der Waals surface area contributed by atoms with Crippen LogP contribution in [0.3, 0.4) is 0 Å². The highest BCUT2D eigenvalue weighted by molar-refractivity contribution is 5.88. The van der Waals surface area contributed by atoms with Crippen LogP contribution in [0, 0.1) is 5.92 Å². The second-order valence-corrected chi connectivity index (χ2v) is 4.77. The standard InChI is InChI=1S/C12H17N3O4/c1-7-10(14-15-13)3-8(12(16)17-2)4-11(7)19-6-9-5-18-9/h4,7,9-11H,3,5-6H2,1-2H3. The zero-order chi connectivity index (χ0) is 13.8. The van der Waals surface area contributed by atoms with E-state index in [1.807, 2.05) is 6.92 Å². The molecule has 0 aromatic rings. The normalized spacial score (nSPS) is 33.1. The van der Waals surface area contributed by atoms with Gasteiger partial charge in [-0.05, 0) is 23.9 Å². The predicted octanol–water partition coefficient (Wildman–Crippen LogP) is 1.59. The van der Waals surface area contributed by atoms with Gasteiger partial charge in [0.1, 0.15) is 6.10 Å². The second-order valence-electron chi connectivity index (χ2n) is 4.77. The van der Waals surface area contributed by atoms with Crippen molar-refractivity contribution in [2.45, 2.75) is 31.6 Å². The molecule has 19 heavy (non-hydrogen) atoms. The maximum atomic E-state index is 11.6. The third kappa shape index (κ3) is 3.47. The van der Waals surface area contributed by atoms with Crippen LogP contribution in [0.25, 0.3) is 10.4 Å². The molecule has 1 aliphatic heterocycles. The number of carbonyl (C=O) groups is 1. The molecule has 1 saturated heterocycles. The van der Waals surface area contributed by atoms with Gasteiger partial charge in [0, 0.05) is 16.5 Å². The molecule has 7 heteroatoms. The van der Waals surface area contributed by atoms with Crippen LogP contribution in [0.1, 0.15) is 13.3 Å². The number of epoxide rings is 1. The van der Waals surface area contributed by atoms with Crippen molar-refractivity contribution in [1.29, 1.82) is 0 Å². The van der Waals surface area contributed by atoms with Gasteiger partial charge in [0.25, 0.3) is 0 Å². The molecule has 2 aliphatic rings. The van der Waals surface area contributed by atoms with Crippen molar-refractivity contribution in [2.75, 3.05) is 20.3 Å². The summed E-state index contributed by atoms with van der Waals surface area (Å²) in [5.41, 5.74) is 9.09. The SMILES string of the molecule is COC(=O)C1=CC(OCC2CO2)C(C)C(N=[N+]=[N-])C1. The van der Waals surface area contributed by atoms with Gasteiger partial charge < -0.3 is 14.2 Å². The van der Waals surface area contributed by atoms with Crippen molar-refractivity contribution in [3.05, 3.63) is 22.1 Å². The summed E-state index contributed by atoms with van der Waals surface area (Å²) in [5, 5.41) is 3.75. The van der Waals surface area contributed by atoms with Crippen molar-refractivity contribution >= 4 is 5.97 Å². The molecule has 0 aromatic heterocycles. The lowest BCUT2D eigenvalue weighted by atomic mass is 9.84. The van der Waals surface area contributed by atoms with Crippen molar-refractivity contribution < 1.29 is 19.0 Å². The predicted molar refractivity (Wildman–Crippen MR) is 66.3 cm³/mol. The summed E-state index contributed by atoms with van der Waals surface area (Å²) in [7, 11) is 1.33. The lowest BCUT2D eigenvalue weighted by molar-refractivity contribution is -0.136. The third-order valence-corrected chi connectivity index (χ3v) is 3.44. The average molecular weight is 267 g/mol. The molecule has 4 unspecified atom stereocenters. The van der Waals surface area contributed by atoms with E-state index in [-0.39, 0.29) is 24.2 Å². The number of azide groups is 1. The van der Waals surface area contributed by atoms with Crippen molar-refractivity contribution in [2.24, 2.45) is 11.0 Å². The third-order valence-electron chi connectivity index (χ3n) is 3.44. The Labute approximate surface area is 111 Å². The summed E-state index contributed by atoms with van der Waals surface area (Å²) >= 11 is 0. The molecule has 0 bridgehead atoms. The lowest BCUT2D eigenvalue weighted by Crippen LogP contribution is -2.35. The number of nitrogens with zero attached hydrogens (tertiary/aromatic N) is 3. The van der Waals surface area contributed by atoms with Gasteiger partial charge in [-0.1, -0.05) is 12.0 Å². The highest BCUT2D eigenvalue weighted by atomic mass is 16.6. The maximum Gasteiger partial charge on any atom is 0.333 e. The van der Waals surface area contributed by atoms with E-state index in [1.165, 1.54) is 7.11 Å². The summed E-state index contributed by atoms with van der Waals surface area (Å²) < 4.78 is 15.5. The van der Waals surface area contributed by atoms with Crippen LogP contribution in [-0.4, -0.2) is 44.5 Å². The Kier molecular flexibility index (Phi) is 4.42. The molecule has 2 rings (SSSR count). The first-order valence-corrected chi connectivity index (χ1v) is 6.22.